The molecule has 0 spiro atoms. The molecular weight excluding hydrogens is 1360 g/mol. The Hall–Kier alpha value is -2.77. The minimum atomic E-state index is -1.97. The molecule has 0 radical (unpaired) electrons. The number of hydrogen-bond donors (Lipinski definition) is 12. The number of amides is 1. The highest BCUT2D eigenvalue weighted by molar-refractivity contribution is 5.76. The third kappa shape index (κ3) is 46.9. The molecule has 19 nitrogen and oxygen atoms in total. The molecule has 17 atom stereocenters. The summed E-state index contributed by atoms with van der Waals surface area (Å²) in [6.45, 7) is 1.74. The Morgan fingerprint density at radius 2 is 0.645 bits per heavy atom. The molecule has 0 saturated carbocycles. The number of unbranched alkanes of at least 4 members (excludes halogenated alkanes) is 42. The van der Waals surface area contributed by atoms with E-state index in [0.29, 0.717) is 12.8 Å². The van der Waals surface area contributed by atoms with Crippen LogP contribution in [0.4, 0.5) is 0 Å². The molecule has 12 N–H and O–H groups in total. The van der Waals surface area contributed by atoms with Crippen molar-refractivity contribution in [2.45, 2.75) is 452 Å². The zero-order valence-corrected chi connectivity index (χ0v) is 67.1. The Morgan fingerprint density at radius 3 is 1.01 bits per heavy atom. The molecule has 19 heteroatoms. The van der Waals surface area contributed by atoms with Crippen molar-refractivity contribution in [2.75, 3.05) is 26.4 Å². The Morgan fingerprint density at radius 1 is 0.346 bits per heavy atom. The molecule has 107 heavy (non-hydrogen) atoms. The van der Waals surface area contributed by atoms with Gasteiger partial charge in [-0.3, -0.25) is 4.79 Å². The number of ether oxygens (including phenoxy) is 6. The monoisotopic (exact) mass is 1520 g/mol. The first-order valence-corrected chi connectivity index (χ1v) is 43.7. The number of aliphatic hydroxyl groups is 11. The molecule has 3 aliphatic heterocycles. The van der Waals surface area contributed by atoms with Crippen LogP contribution in [0.1, 0.15) is 348 Å². The molecule has 0 aromatic rings. The molecule has 0 aromatic carbocycles. The first kappa shape index (κ1) is 98.4. The van der Waals surface area contributed by atoms with E-state index in [1.807, 2.05) is 0 Å². The van der Waals surface area contributed by atoms with Crippen LogP contribution in [0.15, 0.2) is 72.9 Å². The van der Waals surface area contributed by atoms with E-state index in [4.69, 9.17) is 28.4 Å². The fourth-order valence-electron chi connectivity index (χ4n) is 14.6. The van der Waals surface area contributed by atoms with Gasteiger partial charge in [0.25, 0.3) is 0 Å². The van der Waals surface area contributed by atoms with Gasteiger partial charge in [-0.05, 0) is 64.2 Å². The Balaban J connectivity index is 1.32. The third-order valence-electron chi connectivity index (χ3n) is 21.5. The lowest BCUT2D eigenvalue weighted by Gasteiger charge is -2.48. The first-order valence-electron chi connectivity index (χ1n) is 43.7. The summed E-state index contributed by atoms with van der Waals surface area (Å²) in [6.07, 6.45) is 62.8. The van der Waals surface area contributed by atoms with E-state index >= 15 is 0 Å². The van der Waals surface area contributed by atoms with Crippen LogP contribution in [0.3, 0.4) is 0 Å². The molecule has 3 aliphatic rings. The van der Waals surface area contributed by atoms with Gasteiger partial charge in [0.05, 0.1) is 38.6 Å². The van der Waals surface area contributed by atoms with Crippen LogP contribution in [0, 0.1) is 0 Å². The summed E-state index contributed by atoms with van der Waals surface area (Å²) in [7, 11) is 0. The smallest absolute Gasteiger partial charge is 0.220 e. The lowest BCUT2D eigenvalue weighted by Crippen LogP contribution is -2.66. The minimum absolute atomic E-state index is 0.238. The number of aliphatic hydroxyl groups excluding tert-OH is 11. The van der Waals surface area contributed by atoms with Crippen LogP contribution in [0.25, 0.3) is 0 Å². The van der Waals surface area contributed by atoms with Gasteiger partial charge in [0.2, 0.25) is 5.91 Å². The molecule has 0 bridgehead atoms. The summed E-state index contributed by atoms with van der Waals surface area (Å²) in [6, 6.07) is -0.891. The zero-order valence-electron chi connectivity index (χ0n) is 67.1. The topological polar surface area (TPSA) is 307 Å². The Kier molecular flexibility index (Phi) is 62.3. The van der Waals surface area contributed by atoms with Crippen LogP contribution < -0.4 is 5.32 Å². The zero-order chi connectivity index (χ0) is 77.4. The highest BCUT2D eigenvalue weighted by Crippen LogP contribution is 2.34. The maximum atomic E-state index is 13.5. The maximum Gasteiger partial charge on any atom is 0.220 e. The summed E-state index contributed by atoms with van der Waals surface area (Å²) in [4.78, 5) is 13.5. The fraction of sp³-hybridized carbons (Fsp3) is 0.852. The Labute approximate surface area is 648 Å². The van der Waals surface area contributed by atoms with Crippen LogP contribution in [0.2, 0.25) is 0 Å². The SMILES string of the molecule is CC/C=C\C/C=C\C/C=C\C/C=C\C/C=C\C/C=C\CCCCCCCCCCCCCCCCCCCCC(=O)NC(COC1OC(CO)C(OC2OC(CO)C(OC3OC(CO)C(O)C(O)C3O)C(O)C2O)C(O)C1O)C(O)CCCCCCCCCCCCCCCCCCCCCCCCCCC. The summed E-state index contributed by atoms with van der Waals surface area (Å²) in [5.41, 5.74) is 0. The van der Waals surface area contributed by atoms with Crippen molar-refractivity contribution in [3.8, 4) is 0 Å². The fourth-order valence-corrected chi connectivity index (χ4v) is 14.6. The van der Waals surface area contributed by atoms with Gasteiger partial charge in [0.1, 0.15) is 73.2 Å². The lowest BCUT2D eigenvalue weighted by atomic mass is 9.96. The highest BCUT2D eigenvalue weighted by Gasteiger charge is 2.54. The molecule has 0 aromatic heterocycles. The van der Waals surface area contributed by atoms with Crippen molar-refractivity contribution < 1.29 is 89.4 Å². The molecule has 3 rings (SSSR count). The molecule has 624 valence electrons. The average Bonchev–Trinajstić information content (AvgIpc) is 0.781. The minimum Gasteiger partial charge on any atom is -0.394 e. The quantitative estimate of drug-likeness (QED) is 0.0199. The van der Waals surface area contributed by atoms with Crippen molar-refractivity contribution in [1.29, 1.82) is 0 Å². The molecule has 1 amide bonds. The first-order chi connectivity index (χ1) is 52.3. The molecule has 3 saturated heterocycles. The molecule has 17 unspecified atom stereocenters. The third-order valence-corrected chi connectivity index (χ3v) is 21.5. The normalized spacial score (nSPS) is 25.9. The van der Waals surface area contributed by atoms with E-state index < -0.39 is 124 Å². The van der Waals surface area contributed by atoms with Crippen LogP contribution in [0.5, 0.6) is 0 Å². The van der Waals surface area contributed by atoms with E-state index in [2.05, 4.69) is 92.1 Å². The molecular formula is C88H159NO18. The number of carbonyl (C=O) groups excluding carboxylic acids is 1. The molecule has 3 fully saturated rings. The van der Waals surface area contributed by atoms with E-state index in [0.717, 1.165) is 83.5 Å². The average molecular weight is 1520 g/mol. The second kappa shape index (κ2) is 67.7. The van der Waals surface area contributed by atoms with E-state index in [-0.39, 0.29) is 18.9 Å². The van der Waals surface area contributed by atoms with Gasteiger partial charge < -0.3 is 89.9 Å². The van der Waals surface area contributed by atoms with Crippen molar-refractivity contribution in [2.24, 2.45) is 0 Å². The number of carbonyl (C=O) groups is 1. The second-order valence-electron chi connectivity index (χ2n) is 31.0. The van der Waals surface area contributed by atoms with Gasteiger partial charge in [-0.2, -0.15) is 0 Å². The standard InChI is InChI=1S/C88H159NO18/c1-3-5-7-9-11-13-15-17-19-21-23-25-27-29-30-31-32-33-34-35-36-37-38-39-40-42-44-46-48-50-52-54-56-58-60-62-64-66-76(94)89-71(72(93)65-63-61-59-57-55-53-51-49-47-45-43-41-28-26-24-22-20-18-16-14-12-10-8-6-4-2)70-102-86-82(100)79(97)84(74(68-91)104-86)107-88-83(101)80(98)85(75(69-92)105-88)106-87-81(99)78(96)77(95)73(67-90)103-87/h5,7,11,13,17,19,23,25,29-30,32-33,71-75,77-88,90-93,95-101H,3-4,6,8-10,12,14-16,18,20-22,24,26-28,31,34-70H2,1-2H3,(H,89,94)/b7-5-,13-11-,19-17-,25-23-,30-29-,33-32-. The van der Waals surface area contributed by atoms with Gasteiger partial charge >= 0.3 is 0 Å². The van der Waals surface area contributed by atoms with E-state index in [9.17, 15) is 61.0 Å². The van der Waals surface area contributed by atoms with Gasteiger partial charge in [0, 0.05) is 6.42 Å². The van der Waals surface area contributed by atoms with Crippen LogP contribution in [-0.2, 0) is 33.2 Å². The summed E-state index contributed by atoms with van der Waals surface area (Å²) >= 11 is 0. The predicted molar refractivity (Wildman–Crippen MR) is 429 cm³/mol. The summed E-state index contributed by atoms with van der Waals surface area (Å²) in [5, 5.41) is 121. The van der Waals surface area contributed by atoms with Gasteiger partial charge in [0.15, 0.2) is 18.9 Å². The second-order valence-corrected chi connectivity index (χ2v) is 31.0. The van der Waals surface area contributed by atoms with Crippen molar-refractivity contribution in [3.63, 3.8) is 0 Å². The van der Waals surface area contributed by atoms with Crippen molar-refractivity contribution in [1.82, 2.24) is 5.32 Å². The van der Waals surface area contributed by atoms with Gasteiger partial charge in [-0.1, -0.05) is 350 Å². The van der Waals surface area contributed by atoms with Gasteiger partial charge in [-0.15, -0.1) is 0 Å². The summed E-state index contributed by atoms with van der Waals surface area (Å²) in [5.74, 6) is -0.238. The number of rotatable bonds is 70. The summed E-state index contributed by atoms with van der Waals surface area (Å²) < 4.78 is 34.6. The lowest BCUT2D eigenvalue weighted by molar-refractivity contribution is -0.379. The van der Waals surface area contributed by atoms with Crippen LogP contribution >= 0.6 is 0 Å². The van der Waals surface area contributed by atoms with Crippen molar-refractivity contribution in [3.05, 3.63) is 72.9 Å². The predicted octanol–water partition coefficient (Wildman–Crippen LogP) is 16.0. The molecule has 3 heterocycles. The number of hydrogen-bond acceptors (Lipinski definition) is 18. The van der Waals surface area contributed by atoms with Gasteiger partial charge in [-0.25, -0.2) is 0 Å². The largest absolute Gasteiger partial charge is 0.394 e. The van der Waals surface area contributed by atoms with Crippen molar-refractivity contribution >= 4 is 5.91 Å². The molecule has 0 aliphatic carbocycles. The number of allylic oxidation sites excluding steroid dienone is 12. The van der Waals surface area contributed by atoms with E-state index in [1.54, 1.807) is 0 Å². The van der Waals surface area contributed by atoms with Crippen LogP contribution in [-0.4, -0.2) is 193 Å². The van der Waals surface area contributed by atoms with E-state index in [1.165, 1.54) is 231 Å². The Bertz CT molecular complexity index is 2210. The number of nitrogens with one attached hydrogen (secondary N) is 1. The maximum absolute atomic E-state index is 13.5. The highest BCUT2D eigenvalue weighted by atomic mass is 16.8.